The summed E-state index contributed by atoms with van der Waals surface area (Å²) in [6, 6.07) is 0. The van der Waals surface area contributed by atoms with E-state index in [1.807, 2.05) is 0 Å². The van der Waals surface area contributed by atoms with Gasteiger partial charge in [-0.25, -0.2) is 0 Å². The van der Waals surface area contributed by atoms with Gasteiger partial charge in [-0.3, -0.25) is 0 Å². The molecular weight excluding hydrogens is 508 g/mol. The molecule has 0 fully saturated rings. The van der Waals surface area contributed by atoms with Crippen LogP contribution in [0.15, 0.2) is 0 Å². The monoisotopic (exact) mass is 508 g/mol. The maximum absolute atomic E-state index is 13.1. The summed E-state index contributed by atoms with van der Waals surface area (Å²) in [6.07, 6.45) is -7.86. The van der Waals surface area contributed by atoms with Crippen molar-refractivity contribution in [2.75, 3.05) is 0 Å². The van der Waals surface area contributed by atoms with E-state index < -0.39 is 96.6 Å². The van der Waals surface area contributed by atoms with Crippen molar-refractivity contribution in [2.45, 2.75) is 47.7 Å². The van der Waals surface area contributed by atoms with E-state index in [0.717, 1.165) is 0 Å². The predicted octanol–water partition coefficient (Wildman–Crippen LogP) is 5.76. The van der Waals surface area contributed by atoms with Crippen molar-refractivity contribution < 1.29 is 83.4 Å². The number of alkyl halides is 19. The second kappa shape index (κ2) is 7.16. The molecule has 0 rings (SSSR count). The molecule has 0 radical (unpaired) electrons. The van der Waals surface area contributed by atoms with Crippen LogP contribution >= 0.6 is 0 Å². The van der Waals surface area contributed by atoms with E-state index in [-0.39, 0.29) is 0 Å². The second-order valence-corrected chi connectivity index (χ2v) is 7.37. The van der Waals surface area contributed by atoms with Gasteiger partial charge in [0, 0.05) is 0 Å². The molecule has 0 atom stereocenters. The number of rotatable bonds is 7. The number of hydrogen-bond donors (Lipinski definition) is 0. The van der Waals surface area contributed by atoms with Crippen molar-refractivity contribution in [1.29, 1.82) is 0 Å². The van der Waals surface area contributed by atoms with Crippen LogP contribution in [0, 0.1) is 0 Å². The Labute approximate surface area is 179 Å². The van der Waals surface area contributed by atoms with Crippen LogP contribution in [0.4, 0.5) is 83.4 Å². The summed E-state index contributed by atoms with van der Waals surface area (Å²) in [6.45, 7) is 0. The summed E-state index contributed by atoms with van der Waals surface area (Å²) in [5.74, 6) is -59.2. The van der Waals surface area contributed by atoms with Gasteiger partial charge in [-0.15, -0.1) is 0 Å². The van der Waals surface area contributed by atoms with Crippen LogP contribution in [0.3, 0.4) is 0 Å². The fourth-order valence-electron chi connectivity index (χ4n) is 1.44. The predicted molar refractivity (Wildman–Crippen MR) is 51.4 cm³/mol. The summed E-state index contributed by atoms with van der Waals surface area (Å²) < 4.78 is 235. The van der Waals surface area contributed by atoms with Crippen LogP contribution in [-0.4, -0.2) is 96.6 Å². The summed E-state index contributed by atoms with van der Waals surface area (Å²) in [4.78, 5) is 0. The van der Waals surface area contributed by atoms with E-state index in [0.29, 0.717) is 0 Å². The van der Waals surface area contributed by atoms with E-state index >= 15 is 0 Å². The van der Waals surface area contributed by atoms with Gasteiger partial charge < -0.3 is 0 Å². The average Bonchev–Trinajstić information content (AvgIpc) is 2.43. The fraction of sp³-hybridized carbons (Fsp3) is 1.00. The van der Waals surface area contributed by atoms with Gasteiger partial charge in [-0.1, -0.05) is 0 Å². The Kier molecular flexibility index (Phi) is 7.23. The molecule has 0 aromatic rings. The van der Waals surface area contributed by atoms with Crippen LogP contribution in [0.25, 0.3) is 0 Å². The van der Waals surface area contributed by atoms with Crippen molar-refractivity contribution >= 4 is 49.0 Å². The van der Waals surface area contributed by atoms with Crippen LogP contribution in [0.1, 0.15) is 0 Å². The topological polar surface area (TPSA) is 0 Å². The molecule has 0 unspecified atom stereocenters. The van der Waals surface area contributed by atoms with Gasteiger partial charge in [0.15, 0.2) is 0 Å². The Morgan fingerprint density at radius 2 is 0.448 bits per heavy atom. The third-order valence-corrected chi connectivity index (χ3v) is 4.25. The van der Waals surface area contributed by atoms with Gasteiger partial charge >= 0.3 is 180 Å². The van der Waals surface area contributed by atoms with Crippen LogP contribution < -0.4 is 0 Å². The molecule has 170 valence electrons. The Hall–Kier alpha value is 0.306. The first-order valence-electron chi connectivity index (χ1n) is 6.09. The Balaban J connectivity index is 6.82. The van der Waals surface area contributed by atoms with E-state index in [1.54, 1.807) is 0 Å². The Morgan fingerprint density at radius 3 is 0.621 bits per heavy atom. The van der Waals surface area contributed by atoms with E-state index in [4.69, 9.17) is 0 Å². The quantitative estimate of drug-likeness (QED) is 0.304. The van der Waals surface area contributed by atoms with Crippen molar-refractivity contribution in [3.05, 3.63) is 0 Å². The second-order valence-electron chi connectivity index (χ2n) is 5.41. The molecule has 20 heteroatoms. The first kappa shape index (κ1) is 29.3. The van der Waals surface area contributed by atoms with Gasteiger partial charge in [-0.05, 0) is 0 Å². The summed E-state index contributed by atoms with van der Waals surface area (Å²) >= 11 is -2.96. The van der Waals surface area contributed by atoms with Crippen molar-refractivity contribution in [3.63, 3.8) is 0 Å². The maximum atomic E-state index is 13.1. The van der Waals surface area contributed by atoms with Crippen molar-refractivity contribution in [2.24, 2.45) is 0 Å². The third-order valence-electron chi connectivity index (χ3n) is 3.27. The molecule has 0 saturated carbocycles. The molecule has 0 N–H and O–H groups in total. The molecule has 29 heavy (non-hydrogen) atoms. The molecule has 0 aromatic carbocycles. The summed E-state index contributed by atoms with van der Waals surface area (Å²) in [5.41, 5.74) is 0. The van der Waals surface area contributed by atoms with E-state index in [1.165, 1.54) is 0 Å². The van der Waals surface area contributed by atoms with Gasteiger partial charge in [0.1, 0.15) is 0 Å². The zero-order valence-corrected chi connectivity index (χ0v) is 15.8. The summed E-state index contributed by atoms with van der Waals surface area (Å²) in [7, 11) is 0. The van der Waals surface area contributed by atoms with Gasteiger partial charge in [-0.2, -0.15) is 0 Å². The zero-order valence-electron chi connectivity index (χ0n) is 12.7. The van der Waals surface area contributed by atoms with Crippen molar-refractivity contribution in [3.8, 4) is 0 Å². The molecule has 0 nitrogen and oxygen atoms in total. The molecule has 0 bridgehead atoms. The van der Waals surface area contributed by atoms with E-state index in [2.05, 4.69) is 0 Å². The normalized spacial score (nSPS) is 17.0. The molecule has 0 saturated heterocycles. The molecule has 0 spiro atoms. The SMILES string of the molecule is FC(F)(F)C(F)(F)C(F)(F)C(F)(F)C(F)(F)C(F)(F)C(F)(F)C(F)(F)[C](F)(F)[K]. The third kappa shape index (κ3) is 3.75. The van der Waals surface area contributed by atoms with Gasteiger partial charge in [0.05, 0.1) is 0 Å². The Bertz CT molecular complexity index is 554. The zero-order chi connectivity index (χ0) is 24.5. The van der Waals surface area contributed by atoms with Gasteiger partial charge in [0.25, 0.3) is 0 Å². The number of hydrogen-bond acceptors (Lipinski definition) is 0. The van der Waals surface area contributed by atoms with Crippen molar-refractivity contribution in [1.82, 2.24) is 0 Å². The first-order valence-corrected chi connectivity index (χ1v) is 7.65. The standard InChI is InChI=1S/C9F19.K/c10-1(11)2(12,13)3(14,15)4(16,17)5(18,19)6(20,21)7(22,23)8(24,25)9(26,27)28;. The fourth-order valence-corrected chi connectivity index (χ4v) is 1.93. The minimum absolute atomic E-state index is 2.96. The molecule has 0 aliphatic rings. The van der Waals surface area contributed by atoms with Crippen LogP contribution in [0.5, 0.6) is 0 Å². The minimum atomic E-state index is -8.83. The molecular formula is C9F19K. The molecule has 0 heterocycles. The molecule has 0 aliphatic heterocycles. The Morgan fingerprint density at radius 1 is 0.276 bits per heavy atom. The van der Waals surface area contributed by atoms with Crippen LogP contribution in [-0.2, 0) is 0 Å². The van der Waals surface area contributed by atoms with Gasteiger partial charge in [0.2, 0.25) is 0 Å². The average molecular weight is 508 g/mol. The van der Waals surface area contributed by atoms with E-state index in [9.17, 15) is 83.4 Å². The number of halogens is 19. The molecule has 0 aromatic heterocycles. The molecule has 0 amide bonds. The summed E-state index contributed by atoms with van der Waals surface area (Å²) in [5, 5.41) is 0. The first-order chi connectivity index (χ1) is 12.0. The van der Waals surface area contributed by atoms with Crippen LogP contribution in [0.2, 0.25) is 0 Å². The molecule has 0 aliphatic carbocycles.